The summed E-state index contributed by atoms with van der Waals surface area (Å²) in [5.74, 6) is 0. The Bertz CT molecular complexity index is 1050. The standard InChI is InChI=1S/C23H28N6O4/c1-26(2)19-12-10-16(14-21(19)28(30)31)23(25-24-18-8-6-5-7-9-18)17-11-13-20(27(3)4)22(15-17)29(32)33/h5-15,24,28-30,32H,1-4H3. The highest BCUT2D eigenvalue weighted by atomic mass is 16.8. The fraction of sp³-hybridized carbons (Fsp3) is 0.174. The molecule has 0 fully saturated rings. The van der Waals surface area contributed by atoms with E-state index in [-0.39, 0.29) is 11.4 Å². The van der Waals surface area contributed by atoms with Crippen LogP contribution in [0.25, 0.3) is 0 Å². The molecule has 0 heterocycles. The summed E-state index contributed by atoms with van der Waals surface area (Å²) in [4.78, 5) is 3.45. The summed E-state index contributed by atoms with van der Waals surface area (Å²) in [5, 5.41) is 45.7. The first-order valence-corrected chi connectivity index (χ1v) is 10.2. The molecule has 174 valence electrons. The van der Waals surface area contributed by atoms with Crippen LogP contribution in [0.15, 0.2) is 71.8 Å². The molecule has 3 aromatic rings. The van der Waals surface area contributed by atoms with Crippen LogP contribution in [-0.2, 0) is 0 Å². The van der Waals surface area contributed by atoms with Crippen molar-refractivity contribution < 1.29 is 20.9 Å². The Morgan fingerprint density at radius 3 is 1.61 bits per heavy atom. The van der Waals surface area contributed by atoms with Gasteiger partial charge in [0.25, 0.3) is 0 Å². The molecule has 33 heavy (non-hydrogen) atoms. The van der Waals surface area contributed by atoms with E-state index in [9.17, 15) is 20.8 Å². The molecule has 5 N–H and O–H groups in total. The molecule has 0 spiro atoms. The van der Waals surface area contributed by atoms with Crippen molar-refractivity contribution in [2.45, 2.75) is 0 Å². The van der Waals surface area contributed by atoms with Gasteiger partial charge in [-0.3, -0.25) is 5.43 Å². The highest BCUT2D eigenvalue weighted by molar-refractivity contribution is 6.14. The second kappa shape index (κ2) is 10.4. The number of quaternary nitrogens is 2. The second-order valence-electron chi connectivity index (χ2n) is 7.80. The Hall–Kier alpha value is -3.51. The highest BCUT2D eigenvalue weighted by Gasteiger charge is 2.19. The molecule has 0 saturated heterocycles. The lowest BCUT2D eigenvalue weighted by Gasteiger charge is -2.23. The molecule has 0 bridgehead atoms. The first-order valence-electron chi connectivity index (χ1n) is 10.2. The molecule has 3 rings (SSSR count). The van der Waals surface area contributed by atoms with E-state index in [0.29, 0.717) is 28.2 Å². The smallest absolute Gasteiger partial charge is 0.188 e. The highest BCUT2D eigenvalue weighted by Crippen LogP contribution is 2.27. The summed E-state index contributed by atoms with van der Waals surface area (Å²) in [5.41, 5.74) is 6.56. The summed E-state index contributed by atoms with van der Waals surface area (Å²) < 4.78 is 0. The lowest BCUT2D eigenvalue weighted by molar-refractivity contribution is -0.990. The zero-order valence-electron chi connectivity index (χ0n) is 18.9. The van der Waals surface area contributed by atoms with Gasteiger partial charge in [-0.05, 0) is 24.3 Å². The van der Waals surface area contributed by atoms with Crippen molar-refractivity contribution in [2.24, 2.45) is 5.10 Å². The first kappa shape index (κ1) is 24.1. The van der Waals surface area contributed by atoms with Crippen LogP contribution in [0.4, 0.5) is 28.4 Å². The monoisotopic (exact) mass is 452 g/mol. The molecule has 0 amide bonds. The minimum atomic E-state index is -1.06. The third-order valence-electron chi connectivity index (χ3n) is 5.04. The number of hydrogen-bond acceptors (Lipinski definition) is 8. The minimum absolute atomic E-state index is 0.119. The average Bonchev–Trinajstić information content (AvgIpc) is 2.79. The van der Waals surface area contributed by atoms with Gasteiger partial charge < -0.3 is 20.2 Å². The number of rotatable bonds is 8. The van der Waals surface area contributed by atoms with Crippen LogP contribution in [0, 0.1) is 10.4 Å². The van der Waals surface area contributed by atoms with Crippen LogP contribution in [0.3, 0.4) is 0 Å². The van der Waals surface area contributed by atoms with Crippen LogP contribution in [0.5, 0.6) is 0 Å². The van der Waals surface area contributed by atoms with Gasteiger partial charge in [0.2, 0.25) is 0 Å². The van der Waals surface area contributed by atoms with E-state index in [2.05, 4.69) is 10.5 Å². The molecule has 10 nitrogen and oxygen atoms in total. The lowest BCUT2D eigenvalue weighted by Crippen LogP contribution is -2.99. The summed E-state index contributed by atoms with van der Waals surface area (Å²) in [6, 6.07) is 19.3. The molecule has 0 aromatic heterocycles. The van der Waals surface area contributed by atoms with Crippen LogP contribution in [0.2, 0.25) is 0 Å². The SMILES string of the molecule is CN(C)c1ccc(C(=NNc2ccccc2)c2ccc(N(C)C)c([NH+]([O-])O)c2)cc1[NH+]([O-])O. The third kappa shape index (κ3) is 5.65. The van der Waals surface area contributed by atoms with Crippen molar-refractivity contribution in [3.05, 3.63) is 88.3 Å². The van der Waals surface area contributed by atoms with E-state index in [4.69, 9.17) is 0 Å². The summed E-state index contributed by atoms with van der Waals surface area (Å²) in [6.45, 7) is 0. The Balaban J connectivity index is 2.18. The summed E-state index contributed by atoms with van der Waals surface area (Å²) in [6.07, 6.45) is 0. The molecule has 2 unspecified atom stereocenters. The van der Waals surface area contributed by atoms with Gasteiger partial charge in [0.15, 0.2) is 11.4 Å². The molecular weight excluding hydrogens is 424 g/mol. The molecule has 10 heteroatoms. The fourth-order valence-corrected chi connectivity index (χ4v) is 3.42. The Labute approximate surface area is 192 Å². The zero-order valence-corrected chi connectivity index (χ0v) is 18.9. The van der Waals surface area contributed by atoms with E-state index in [1.807, 2.05) is 30.3 Å². The van der Waals surface area contributed by atoms with Gasteiger partial charge in [0, 0.05) is 51.5 Å². The molecular formula is C23H28N6O4. The van der Waals surface area contributed by atoms with Gasteiger partial charge >= 0.3 is 0 Å². The van der Waals surface area contributed by atoms with Crippen LogP contribution in [0.1, 0.15) is 11.1 Å². The normalized spacial score (nSPS) is 12.6. The van der Waals surface area contributed by atoms with Crippen LogP contribution < -0.4 is 25.7 Å². The third-order valence-corrected chi connectivity index (χ3v) is 5.04. The van der Waals surface area contributed by atoms with Gasteiger partial charge in [-0.15, -0.1) is 0 Å². The quantitative estimate of drug-likeness (QED) is 0.259. The number of anilines is 3. The predicted molar refractivity (Wildman–Crippen MR) is 129 cm³/mol. The van der Waals surface area contributed by atoms with E-state index in [0.717, 1.165) is 5.69 Å². The Kier molecular flexibility index (Phi) is 7.61. The molecule has 0 aliphatic heterocycles. The molecule has 0 radical (unpaired) electrons. The van der Waals surface area contributed by atoms with Crippen molar-refractivity contribution >= 4 is 34.1 Å². The van der Waals surface area contributed by atoms with Gasteiger partial charge in [-0.1, -0.05) is 30.3 Å². The van der Waals surface area contributed by atoms with Crippen molar-refractivity contribution in [1.82, 2.24) is 0 Å². The maximum atomic E-state index is 11.9. The van der Waals surface area contributed by atoms with Crippen molar-refractivity contribution in [1.29, 1.82) is 0 Å². The van der Waals surface area contributed by atoms with Gasteiger partial charge in [0.1, 0.15) is 11.4 Å². The predicted octanol–water partition coefficient (Wildman–Crippen LogP) is 1.49. The number of hydrogen-bond donors (Lipinski definition) is 5. The second-order valence-corrected chi connectivity index (χ2v) is 7.80. The molecule has 2 atom stereocenters. The number of para-hydroxylation sites is 1. The number of nitrogens with zero attached hydrogens (tertiary/aromatic N) is 3. The Morgan fingerprint density at radius 2 is 1.21 bits per heavy atom. The summed E-state index contributed by atoms with van der Waals surface area (Å²) >= 11 is 0. The van der Waals surface area contributed by atoms with E-state index < -0.39 is 10.5 Å². The van der Waals surface area contributed by atoms with Gasteiger partial charge in [0.05, 0.1) is 11.4 Å². The summed E-state index contributed by atoms with van der Waals surface area (Å²) in [7, 11) is 7.08. The van der Waals surface area contributed by atoms with Crippen molar-refractivity contribution in [3.63, 3.8) is 0 Å². The van der Waals surface area contributed by atoms with Crippen LogP contribution >= 0.6 is 0 Å². The van der Waals surface area contributed by atoms with E-state index in [1.165, 1.54) is 0 Å². The number of nitrogens with one attached hydrogen (secondary N) is 3. The molecule has 3 aromatic carbocycles. The van der Waals surface area contributed by atoms with Crippen molar-refractivity contribution in [3.8, 4) is 0 Å². The van der Waals surface area contributed by atoms with Crippen molar-refractivity contribution in [2.75, 3.05) is 43.4 Å². The number of benzene rings is 3. The zero-order chi connectivity index (χ0) is 24.1. The maximum absolute atomic E-state index is 11.9. The Morgan fingerprint density at radius 1 is 0.758 bits per heavy atom. The minimum Gasteiger partial charge on any atom is -0.595 e. The van der Waals surface area contributed by atoms with Gasteiger partial charge in [-0.25, -0.2) is 10.4 Å². The van der Waals surface area contributed by atoms with E-state index in [1.54, 1.807) is 74.4 Å². The topological polar surface area (TPSA) is 126 Å². The van der Waals surface area contributed by atoms with Gasteiger partial charge in [-0.2, -0.15) is 15.6 Å². The largest absolute Gasteiger partial charge is 0.595 e. The molecule has 0 aliphatic rings. The first-order chi connectivity index (χ1) is 15.7. The lowest BCUT2D eigenvalue weighted by atomic mass is 10.00. The molecule has 0 saturated carbocycles. The molecule has 0 aliphatic carbocycles. The van der Waals surface area contributed by atoms with E-state index >= 15 is 0 Å². The average molecular weight is 453 g/mol. The fourth-order valence-electron chi connectivity index (χ4n) is 3.42. The maximum Gasteiger partial charge on any atom is 0.188 e. The van der Waals surface area contributed by atoms with Crippen LogP contribution in [-0.4, -0.2) is 44.3 Å². The number of hydrazone groups is 1.